The summed E-state index contributed by atoms with van der Waals surface area (Å²) < 4.78 is 5.41. The molecule has 0 saturated carbocycles. The Bertz CT molecular complexity index is 401. The number of benzene rings is 1. The Morgan fingerprint density at radius 1 is 1.11 bits per heavy atom. The Balaban J connectivity index is 1.52. The molecule has 1 unspecified atom stereocenters. The maximum absolute atomic E-state index is 9.30. The van der Waals surface area contributed by atoms with Crippen molar-refractivity contribution in [1.82, 2.24) is 9.80 Å². The highest BCUT2D eigenvalue weighted by atomic mass is 16.5. The van der Waals surface area contributed by atoms with Crippen LogP contribution in [0.5, 0.6) is 5.75 Å². The second-order valence-electron chi connectivity index (χ2n) is 5.49. The largest absolute Gasteiger partial charge is 0.508 e. The standard InChI is InChI=1S/C15H22N2O2/c18-15-3-1-13(2-4-15)11-16-6-5-14(12-16)17-7-9-19-10-8-17/h1-4,14,18H,5-12H2. The van der Waals surface area contributed by atoms with Gasteiger partial charge in [-0.3, -0.25) is 9.80 Å². The lowest BCUT2D eigenvalue weighted by Crippen LogP contribution is -2.44. The van der Waals surface area contributed by atoms with Crippen LogP contribution in [0, 0.1) is 0 Å². The van der Waals surface area contributed by atoms with E-state index in [9.17, 15) is 5.11 Å². The zero-order valence-electron chi connectivity index (χ0n) is 11.3. The molecule has 1 N–H and O–H groups in total. The SMILES string of the molecule is Oc1ccc(CN2CCC(N3CCOCC3)C2)cc1. The molecule has 0 aliphatic carbocycles. The van der Waals surface area contributed by atoms with Gasteiger partial charge in [-0.25, -0.2) is 0 Å². The Hall–Kier alpha value is -1.10. The van der Waals surface area contributed by atoms with Crippen molar-refractivity contribution in [1.29, 1.82) is 0 Å². The van der Waals surface area contributed by atoms with Crippen molar-refractivity contribution in [3.05, 3.63) is 29.8 Å². The molecule has 2 aliphatic heterocycles. The first-order valence-electron chi connectivity index (χ1n) is 7.13. The number of aromatic hydroxyl groups is 1. The average molecular weight is 262 g/mol. The van der Waals surface area contributed by atoms with Gasteiger partial charge in [0.05, 0.1) is 13.2 Å². The van der Waals surface area contributed by atoms with E-state index in [0.29, 0.717) is 11.8 Å². The highest BCUT2D eigenvalue weighted by molar-refractivity contribution is 5.25. The van der Waals surface area contributed by atoms with Gasteiger partial charge in [-0.2, -0.15) is 0 Å². The summed E-state index contributed by atoms with van der Waals surface area (Å²) in [4.78, 5) is 5.08. The summed E-state index contributed by atoms with van der Waals surface area (Å²) in [6.07, 6.45) is 1.26. The van der Waals surface area contributed by atoms with Crippen molar-refractivity contribution in [3.63, 3.8) is 0 Å². The van der Waals surface area contributed by atoms with Gasteiger partial charge in [-0.1, -0.05) is 12.1 Å². The van der Waals surface area contributed by atoms with Gasteiger partial charge in [0.15, 0.2) is 0 Å². The Kier molecular flexibility index (Phi) is 4.01. The number of phenolic OH excluding ortho intramolecular Hbond substituents is 1. The van der Waals surface area contributed by atoms with Crippen LogP contribution < -0.4 is 0 Å². The number of likely N-dealkylation sites (tertiary alicyclic amines) is 1. The minimum atomic E-state index is 0.344. The van der Waals surface area contributed by atoms with Gasteiger partial charge < -0.3 is 9.84 Å². The summed E-state index contributed by atoms with van der Waals surface area (Å²) in [6.45, 7) is 7.24. The van der Waals surface area contributed by atoms with Gasteiger partial charge in [0.25, 0.3) is 0 Å². The first kappa shape index (κ1) is 12.9. The van der Waals surface area contributed by atoms with Crippen molar-refractivity contribution in [2.45, 2.75) is 19.0 Å². The molecular formula is C15H22N2O2. The smallest absolute Gasteiger partial charge is 0.115 e. The van der Waals surface area contributed by atoms with Gasteiger partial charge in [-0.15, -0.1) is 0 Å². The second-order valence-corrected chi connectivity index (χ2v) is 5.49. The third-order valence-electron chi connectivity index (χ3n) is 4.15. The van der Waals surface area contributed by atoms with Crippen molar-refractivity contribution < 1.29 is 9.84 Å². The molecule has 0 radical (unpaired) electrons. The fourth-order valence-corrected chi connectivity index (χ4v) is 3.06. The molecule has 1 aromatic carbocycles. The van der Waals surface area contributed by atoms with Crippen LogP contribution in [0.2, 0.25) is 0 Å². The zero-order valence-corrected chi connectivity index (χ0v) is 11.3. The number of rotatable bonds is 3. The van der Waals surface area contributed by atoms with E-state index < -0.39 is 0 Å². The van der Waals surface area contributed by atoms with Crippen LogP contribution in [-0.4, -0.2) is 60.3 Å². The lowest BCUT2D eigenvalue weighted by atomic mass is 10.2. The molecule has 2 saturated heterocycles. The van der Waals surface area contributed by atoms with E-state index in [1.165, 1.54) is 18.5 Å². The van der Waals surface area contributed by atoms with Crippen LogP contribution in [0.15, 0.2) is 24.3 Å². The fraction of sp³-hybridized carbons (Fsp3) is 0.600. The Morgan fingerprint density at radius 3 is 2.58 bits per heavy atom. The summed E-state index contributed by atoms with van der Waals surface area (Å²) in [5, 5.41) is 9.30. The quantitative estimate of drug-likeness (QED) is 0.890. The van der Waals surface area contributed by atoms with Gasteiger partial charge in [0.1, 0.15) is 5.75 Å². The number of ether oxygens (including phenoxy) is 1. The molecule has 104 valence electrons. The van der Waals surface area contributed by atoms with E-state index in [1.54, 1.807) is 12.1 Å². The molecule has 3 rings (SSSR count). The van der Waals surface area contributed by atoms with Crippen LogP contribution in [-0.2, 0) is 11.3 Å². The van der Waals surface area contributed by atoms with Crippen LogP contribution in [0.4, 0.5) is 0 Å². The Morgan fingerprint density at radius 2 is 1.84 bits per heavy atom. The summed E-state index contributed by atoms with van der Waals surface area (Å²) in [7, 11) is 0. The summed E-state index contributed by atoms with van der Waals surface area (Å²) in [5.41, 5.74) is 1.28. The van der Waals surface area contributed by atoms with Gasteiger partial charge in [-0.05, 0) is 24.1 Å². The number of nitrogens with zero attached hydrogens (tertiary/aromatic N) is 2. The van der Waals surface area contributed by atoms with E-state index >= 15 is 0 Å². The van der Waals surface area contributed by atoms with Crippen LogP contribution in [0.3, 0.4) is 0 Å². The maximum atomic E-state index is 9.30. The van der Waals surface area contributed by atoms with E-state index in [-0.39, 0.29) is 0 Å². The second kappa shape index (κ2) is 5.90. The molecule has 4 nitrogen and oxygen atoms in total. The predicted octanol–water partition coefficient (Wildman–Crippen LogP) is 1.30. The van der Waals surface area contributed by atoms with Crippen molar-refractivity contribution >= 4 is 0 Å². The third kappa shape index (κ3) is 3.26. The van der Waals surface area contributed by atoms with E-state index in [0.717, 1.165) is 39.4 Å². The van der Waals surface area contributed by atoms with Crippen molar-refractivity contribution in [3.8, 4) is 5.75 Å². The summed E-state index contributed by atoms with van der Waals surface area (Å²) in [6, 6.07) is 8.26. The molecule has 0 aromatic heterocycles. The van der Waals surface area contributed by atoms with Gasteiger partial charge in [0, 0.05) is 38.8 Å². The molecular weight excluding hydrogens is 240 g/mol. The molecule has 1 aromatic rings. The van der Waals surface area contributed by atoms with Crippen LogP contribution in [0.25, 0.3) is 0 Å². The number of phenols is 1. The van der Waals surface area contributed by atoms with Crippen LogP contribution in [0.1, 0.15) is 12.0 Å². The molecule has 2 aliphatic rings. The molecule has 2 heterocycles. The summed E-state index contributed by atoms with van der Waals surface area (Å²) >= 11 is 0. The van der Waals surface area contributed by atoms with Crippen molar-refractivity contribution in [2.24, 2.45) is 0 Å². The number of morpholine rings is 1. The number of hydrogen-bond donors (Lipinski definition) is 1. The predicted molar refractivity (Wildman–Crippen MR) is 74.2 cm³/mol. The molecule has 0 spiro atoms. The van der Waals surface area contributed by atoms with Gasteiger partial charge >= 0.3 is 0 Å². The minimum absolute atomic E-state index is 0.344. The number of hydrogen-bond acceptors (Lipinski definition) is 4. The lowest BCUT2D eigenvalue weighted by Gasteiger charge is -2.32. The van der Waals surface area contributed by atoms with E-state index in [4.69, 9.17) is 4.74 Å². The Labute approximate surface area is 114 Å². The molecule has 19 heavy (non-hydrogen) atoms. The first-order chi connectivity index (χ1) is 9.31. The highest BCUT2D eigenvalue weighted by Crippen LogP contribution is 2.19. The minimum Gasteiger partial charge on any atom is -0.508 e. The van der Waals surface area contributed by atoms with E-state index in [2.05, 4.69) is 9.80 Å². The lowest BCUT2D eigenvalue weighted by molar-refractivity contribution is 0.0184. The fourth-order valence-electron chi connectivity index (χ4n) is 3.06. The molecule has 1 atom stereocenters. The van der Waals surface area contributed by atoms with Gasteiger partial charge in [0.2, 0.25) is 0 Å². The molecule has 2 fully saturated rings. The summed E-state index contributed by atoms with van der Waals surface area (Å²) in [5.74, 6) is 0.344. The highest BCUT2D eigenvalue weighted by Gasteiger charge is 2.28. The average Bonchev–Trinajstić information content (AvgIpc) is 2.91. The first-order valence-corrected chi connectivity index (χ1v) is 7.13. The van der Waals surface area contributed by atoms with E-state index in [1.807, 2.05) is 12.1 Å². The monoisotopic (exact) mass is 262 g/mol. The molecule has 4 heteroatoms. The topological polar surface area (TPSA) is 35.9 Å². The zero-order chi connectivity index (χ0) is 13.1. The molecule has 0 bridgehead atoms. The van der Waals surface area contributed by atoms with Crippen LogP contribution >= 0.6 is 0 Å². The maximum Gasteiger partial charge on any atom is 0.115 e. The third-order valence-corrected chi connectivity index (χ3v) is 4.15. The normalized spacial score (nSPS) is 25.8. The molecule has 0 amide bonds. The van der Waals surface area contributed by atoms with Crippen molar-refractivity contribution in [2.75, 3.05) is 39.4 Å².